The molecule has 0 fully saturated rings. The lowest BCUT2D eigenvalue weighted by Crippen LogP contribution is -2.58. The molecule has 1 aromatic carbocycles. The lowest BCUT2D eigenvalue weighted by atomic mass is 10.0. The number of nitrogens with one attached hydrogen (secondary N) is 1. The van der Waals surface area contributed by atoms with Crippen molar-refractivity contribution in [2.45, 2.75) is 44.8 Å². The molecule has 0 saturated heterocycles. The summed E-state index contributed by atoms with van der Waals surface area (Å²) in [6.07, 6.45) is -5.91. The second-order valence-corrected chi connectivity index (χ2v) is 5.55. The Morgan fingerprint density at radius 3 is 2.28 bits per heavy atom. The van der Waals surface area contributed by atoms with Gasteiger partial charge in [0, 0.05) is 6.92 Å². The minimum absolute atomic E-state index is 0.0552. The largest absolute Gasteiger partial charge is 0.443 e. The molecule has 0 aliphatic heterocycles. The highest BCUT2D eigenvalue weighted by atomic mass is 16.6. The molecule has 9 nitrogen and oxygen atoms in total. The maximum absolute atomic E-state index is 12.2. The molecule has 140 valence electrons. The number of amides is 2. The highest BCUT2D eigenvalue weighted by Crippen LogP contribution is 2.12. The topological polar surface area (TPSA) is 140 Å². The lowest BCUT2D eigenvalue weighted by Gasteiger charge is -2.34. The fourth-order valence-corrected chi connectivity index (χ4v) is 2.05. The summed E-state index contributed by atoms with van der Waals surface area (Å²) in [4.78, 5) is 23.6. The van der Waals surface area contributed by atoms with Crippen LogP contribution in [0.2, 0.25) is 0 Å². The average molecular weight is 356 g/mol. The third-order valence-corrected chi connectivity index (χ3v) is 3.51. The Labute approximate surface area is 145 Å². The minimum Gasteiger partial charge on any atom is -0.443 e. The Morgan fingerprint density at radius 2 is 1.76 bits per heavy atom. The maximum Gasteiger partial charge on any atom is 0.429 e. The molecule has 0 bridgehead atoms. The number of hydrogen-bond acceptors (Lipinski definition) is 7. The Balaban J connectivity index is 2.80. The van der Waals surface area contributed by atoms with Crippen molar-refractivity contribution in [2.75, 3.05) is 6.61 Å². The fourth-order valence-electron chi connectivity index (χ4n) is 2.05. The molecule has 1 rings (SSSR count). The summed E-state index contributed by atoms with van der Waals surface area (Å²) in [5, 5.41) is 38.8. The van der Waals surface area contributed by atoms with E-state index in [-0.39, 0.29) is 6.61 Å². The zero-order valence-electron chi connectivity index (χ0n) is 14.1. The monoisotopic (exact) mass is 356 g/mol. The Bertz CT molecular complexity index is 555. The molecule has 0 radical (unpaired) electrons. The Kier molecular flexibility index (Phi) is 8.29. The Hall–Kier alpha value is -2.20. The van der Waals surface area contributed by atoms with Crippen molar-refractivity contribution >= 4 is 12.0 Å². The first-order chi connectivity index (χ1) is 11.8. The predicted molar refractivity (Wildman–Crippen MR) is 86.9 cm³/mol. The first-order valence-corrected chi connectivity index (χ1v) is 7.70. The molecule has 1 aromatic rings. The summed E-state index contributed by atoms with van der Waals surface area (Å²) < 4.78 is 5.10. The van der Waals surface area contributed by atoms with E-state index in [2.05, 4.69) is 5.43 Å². The normalized spacial score (nSPS) is 15.6. The fraction of sp³-hybridized carbons (Fsp3) is 0.500. The second-order valence-electron chi connectivity index (χ2n) is 5.55. The van der Waals surface area contributed by atoms with E-state index in [1.165, 1.54) is 6.92 Å². The van der Waals surface area contributed by atoms with E-state index in [9.17, 15) is 24.9 Å². The van der Waals surface area contributed by atoms with Crippen LogP contribution in [0.1, 0.15) is 19.4 Å². The van der Waals surface area contributed by atoms with Crippen molar-refractivity contribution in [2.24, 2.45) is 0 Å². The number of ether oxygens (including phenoxy) is 1. The molecule has 0 aliphatic carbocycles. The maximum atomic E-state index is 12.2. The van der Waals surface area contributed by atoms with Gasteiger partial charge in [-0.2, -0.15) is 0 Å². The van der Waals surface area contributed by atoms with E-state index in [0.717, 1.165) is 17.5 Å². The number of carbonyl (C=O) groups excluding carboxylic acids is 2. The summed E-state index contributed by atoms with van der Waals surface area (Å²) >= 11 is 0. The van der Waals surface area contributed by atoms with Crippen LogP contribution in [0.15, 0.2) is 30.3 Å². The lowest BCUT2D eigenvalue weighted by molar-refractivity contribution is -0.129. The minimum atomic E-state index is -1.72. The van der Waals surface area contributed by atoms with E-state index in [0.29, 0.717) is 0 Å². The van der Waals surface area contributed by atoms with Gasteiger partial charge in [-0.3, -0.25) is 10.2 Å². The molecule has 0 unspecified atom stereocenters. The van der Waals surface area contributed by atoms with Gasteiger partial charge in [0.2, 0.25) is 5.91 Å². The van der Waals surface area contributed by atoms with Gasteiger partial charge in [0.05, 0.1) is 12.6 Å². The van der Waals surface area contributed by atoms with Crippen molar-refractivity contribution < 1.29 is 34.8 Å². The van der Waals surface area contributed by atoms with Crippen LogP contribution in [-0.2, 0) is 16.1 Å². The van der Waals surface area contributed by atoms with Crippen LogP contribution in [0, 0.1) is 0 Å². The molecular weight excluding hydrogens is 332 g/mol. The standard InChI is InChI=1S/C16H24N2O7/c1-10(14(22)15(23)13(21)8-19)18(17-11(2)20)16(24)25-9-12-6-4-3-5-7-12/h3-7,10,13-15,19,21-23H,8-9H2,1-2H3,(H,17,20)/t10-,13+,14+,15+/m0/s1. The van der Waals surface area contributed by atoms with Crippen LogP contribution in [0.3, 0.4) is 0 Å². The summed E-state index contributed by atoms with van der Waals surface area (Å²) in [6, 6.07) is 7.71. The number of aliphatic hydroxyl groups is 4. The van der Waals surface area contributed by atoms with E-state index >= 15 is 0 Å². The molecule has 0 aliphatic rings. The van der Waals surface area contributed by atoms with Crippen LogP contribution in [0.4, 0.5) is 4.79 Å². The summed E-state index contributed by atoms with van der Waals surface area (Å²) in [7, 11) is 0. The quantitative estimate of drug-likeness (QED) is 0.401. The van der Waals surface area contributed by atoms with E-state index < -0.39 is 43.0 Å². The highest BCUT2D eigenvalue weighted by Gasteiger charge is 2.35. The van der Waals surface area contributed by atoms with Gasteiger partial charge in [0.25, 0.3) is 0 Å². The smallest absolute Gasteiger partial charge is 0.429 e. The number of carbonyl (C=O) groups is 2. The zero-order chi connectivity index (χ0) is 19.0. The molecular formula is C16H24N2O7. The number of benzene rings is 1. The molecule has 0 spiro atoms. The van der Waals surface area contributed by atoms with Crippen LogP contribution in [0.5, 0.6) is 0 Å². The van der Waals surface area contributed by atoms with Crippen LogP contribution in [-0.4, -0.2) is 68.4 Å². The molecule has 5 N–H and O–H groups in total. The second kappa shape index (κ2) is 9.94. The number of hydrogen-bond donors (Lipinski definition) is 5. The van der Waals surface area contributed by atoms with Gasteiger partial charge in [0.1, 0.15) is 24.9 Å². The predicted octanol–water partition coefficient (Wildman–Crippen LogP) is -0.860. The number of rotatable bonds is 7. The van der Waals surface area contributed by atoms with Crippen molar-refractivity contribution in [3.8, 4) is 0 Å². The molecule has 4 atom stereocenters. The first kappa shape index (κ1) is 20.8. The van der Waals surface area contributed by atoms with Crippen molar-refractivity contribution in [3.05, 3.63) is 35.9 Å². The van der Waals surface area contributed by atoms with Gasteiger partial charge < -0.3 is 25.2 Å². The summed E-state index contributed by atoms with van der Waals surface area (Å²) in [5.41, 5.74) is 2.94. The Morgan fingerprint density at radius 1 is 1.16 bits per heavy atom. The van der Waals surface area contributed by atoms with Gasteiger partial charge in [0.15, 0.2) is 0 Å². The number of aliphatic hydroxyl groups excluding tert-OH is 4. The third-order valence-electron chi connectivity index (χ3n) is 3.51. The van der Waals surface area contributed by atoms with Crippen LogP contribution >= 0.6 is 0 Å². The molecule has 25 heavy (non-hydrogen) atoms. The van der Waals surface area contributed by atoms with E-state index in [4.69, 9.17) is 9.84 Å². The van der Waals surface area contributed by atoms with Gasteiger partial charge in [-0.25, -0.2) is 9.80 Å². The SMILES string of the molecule is CC(=O)NN(C(=O)OCc1ccccc1)[C@@H](C)[C@@H](O)[C@H](O)[C@H](O)CO. The molecule has 0 heterocycles. The number of nitrogens with zero attached hydrogens (tertiary/aromatic N) is 1. The number of hydrazine groups is 1. The van der Waals surface area contributed by atoms with Gasteiger partial charge >= 0.3 is 6.09 Å². The molecule has 0 aromatic heterocycles. The summed E-state index contributed by atoms with van der Waals surface area (Å²) in [5.74, 6) is -0.590. The average Bonchev–Trinajstić information content (AvgIpc) is 2.62. The van der Waals surface area contributed by atoms with Crippen LogP contribution in [0.25, 0.3) is 0 Å². The molecule has 0 saturated carbocycles. The van der Waals surface area contributed by atoms with Crippen molar-refractivity contribution in [1.29, 1.82) is 0 Å². The molecule has 2 amide bonds. The first-order valence-electron chi connectivity index (χ1n) is 7.70. The van der Waals surface area contributed by atoms with Crippen LogP contribution < -0.4 is 5.43 Å². The third kappa shape index (κ3) is 6.31. The summed E-state index contributed by atoms with van der Waals surface area (Å²) in [6.45, 7) is 1.68. The highest BCUT2D eigenvalue weighted by molar-refractivity contribution is 5.77. The van der Waals surface area contributed by atoms with Crippen molar-refractivity contribution in [1.82, 2.24) is 10.4 Å². The van der Waals surface area contributed by atoms with Gasteiger partial charge in [-0.15, -0.1) is 0 Å². The van der Waals surface area contributed by atoms with Crippen molar-refractivity contribution in [3.63, 3.8) is 0 Å². The zero-order valence-corrected chi connectivity index (χ0v) is 14.1. The molecule has 9 heteroatoms. The van der Waals surface area contributed by atoms with Gasteiger partial charge in [-0.1, -0.05) is 30.3 Å². The van der Waals surface area contributed by atoms with Gasteiger partial charge in [-0.05, 0) is 12.5 Å². The van der Waals surface area contributed by atoms with E-state index in [1.54, 1.807) is 30.3 Å². The van der Waals surface area contributed by atoms with E-state index in [1.807, 2.05) is 0 Å².